The van der Waals surface area contributed by atoms with Gasteiger partial charge in [0.25, 0.3) is 0 Å². The van der Waals surface area contributed by atoms with Gasteiger partial charge in [-0.15, -0.1) is 0 Å². The third-order valence-corrected chi connectivity index (χ3v) is 1.48. The van der Waals surface area contributed by atoms with Gasteiger partial charge in [0.05, 0.1) is 5.69 Å². The van der Waals surface area contributed by atoms with Gasteiger partial charge in [0.15, 0.2) is 0 Å². The summed E-state index contributed by atoms with van der Waals surface area (Å²) in [4.78, 5) is 4.18. The molecule has 60 valence electrons. The second-order valence-electron chi connectivity index (χ2n) is 2.28. The molecule has 1 heterocycles. The summed E-state index contributed by atoms with van der Waals surface area (Å²) in [6.07, 6.45) is 9.03. The number of rotatable bonds is 3. The van der Waals surface area contributed by atoms with Crippen molar-refractivity contribution in [3.8, 4) is 0 Å². The summed E-state index contributed by atoms with van der Waals surface area (Å²) in [7, 11) is 0. The first-order chi connectivity index (χ1) is 5.88. The van der Waals surface area contributed by atoms with Crippen LogP contribution in [0.2, 0.25) is 0 Å². The zero-order valence-corrected chi connectivity index (χ0v) is 6.90. The molecule has 0 atom stereocenters. The Morgan fingerprint density at radius 2 is 2.17 bits per heavy atom. The van der Waals surface area contributed by atoms with E-state index in [0.29, 0.717) is 0 Å². The van der Waals surface area contributed by atoms with E-state index in [1.807, 2.05) is 24.3 Å². The van der Waals surface area contributed by atoms with Gasteiger partial charge in [0.1, 0.15) is 0 Å². The van der Waals surface area contributed by atoms with E-state index in [9.17, 15) is 0 Å². The van der Waals surface area contributed by atoms with Gasteiger partial charge in [0, 0.05) is 6.20 Å². The first-order valence-electron chi connectivity index (χ1n) is 3.75. The molecule has 1 heteroatoms. The van der Waals surface area contributed by atoms with E-state index in [1.165, 1.54) is 0 Å². The Hall–Kier alpha value is -1.63. The second-order valence-corrected chi connectivity index (χ2v) is 2.28. The minimum Gasteiger partial charge on any atom is -0.256 e. The number of hydrogen-bond donors (Lipinski definition) is 0. The van der Waals surface area contributed by atoms with Crippen LogP contribution in [0.4, 0.5) is 0 Å². The summed E-state index contributed by atoms with van der Waals surface area (Å²) >= 11 is 0. The molecule has 0 unspecified atom stereocenters. The highest BCUT2D eigenvalue weighted by atomic mass is 14.7. The maximum Gasteiger partial charge on any atom is 0.0701 e. The van der Waals surface area contributed by atoms with E-state index in [4.69, 9.17) is 0 Å². The van der Waals surface area contributed by atoms with Crippen molar-refractivity contribution in [2.75, 3.05) is 0 Å². The summed E-state index contributed by atoms with van der Waals surface area (Å²) < 4.78 is 0. The normalized spacial score (nSPS) is 10.0. The van der Waals surface area contributed by atoms with Crippen molar-refractivity contribution in [3.05, 3.63) is 54.9 Å². The van der Waals surface area contributed by atoms with Gasteiger partial charge < -0.3 is 0 Å². The first-order valence-corrected chi connectivity index (χ1v) is 3.75. The predicted molar refractivity (Wildman–Crippen MR) is 53.6 cm³/mol. The molecule has 0 radical (unpaired) electrons. The quantitative estimate of drug-likeness (QED) is 0.615. The van der Waals surface area contributed by atoms with E-state index in [-0.39, 0.29) is 0 Å². The van der Waals surface area contributed by atoms with Gasteiger partial charge in [-0.2, -0.15) is 0 Å². The molecule has 0 fully saturated rings. The molecule has 1 nitrogen and oxygen atoms in total. The topological polar surface area (TPSA) is 12.9 Å². The average molecular weight is 157 g/mol. The SMILES string of the molecule is C=C/C=C\c1ncccc1C=C. The highest BCUT2D eigenvalue weighted by Gasteiger charge is 1.92. The molecule has 1 rings (SSSR count). The summed E-state index contributed by atoms with van der Waals surface area (Å²) in [6.45, 7) is 7.29. The predicted octanol–water partition coefficient (Wildman–Crippen LogP) is 2.92. The fraction of sp³-hybridized carbons (Fsp3) is 0. The van der Waals surface area contributed by atoms with Crippen LogP contribution in [-0.2, 0) is 0 Å². The van der Waals surface area contributed by atoms with Crippen LogP contribution in [0, 0.1) is 0 Å². The van der Waals surface area contributed by atoms with E-state index in [1.54, 1.807) is 18.3 Å². The maximum absolute atomic E-state index is 4.18. The lowest BCUT2D eigenvalue weighted by Gasteiger charge is -1.96. The Morgan fingerprint density at radius 3 is 2.83 bits per heavy atom. The molecule has 0 N–H and O–H groups in total. The van der Waals surface area contributed by atoms with Crippen LogP contribution in [0.5, 0.6) is 0 Å². The molecule has 0 aliphatic carbocycles. The van der Waals surface area contributed by atoms with Crippen molar-refractivity contribution in [1.29, 1.82) is 0 Å². The van der Waals surface area contributed by atoms with E-state index >= 15 is 0 Å². The molecule has 0 spiro atoms. The third-order valence-electron chi connectivity index (χ3n) is 1.48. The van der Waals surface area contributed by atoms with E-state index < -0.39 is 0 Å². The highest BCUT2D eigenvalue weighted by molar-refractivity contribution is 5.61. The summed E-state index contributed by atoms with van der Waals surface area (Å²) in [5.74, 6) is 0. The van der Waals surface area contributed by atoms with Crippen LogP contribution in [-0.4, -0.2) is 4.98 Å². The molecule has 0 aromatic carbocycles. The minimum absolute atomic E-state index is 0.924. The molecule has 1 aromatic rings. The van der Waals surface area contributed by atoms with Crippen molar-refractivity contribution in [1.82, 2.24) is 4.98 Å². The van der Waals surface area contributed by atoms with Crippen LogP contribution < -0.4 is 0 Å². The summed E-state index contributed by atoms with van der Waals surface area (Å²) in [5.41, 5.74) is 1.96. The fourth-order valence-electron chi connectivity index (χ4n) is 0.901. The van der Waals surface area contributed by atoms with Crippen LogP contribution in [0.3, 0.4) is 0 Å². The zero-order valence-electron chi connectivity index (χ0n) is 6.90. The van der Waals surface area contributed by atoms with E-state index in [2.05, 4.69) is 18.1 Å². The average Bonchev–Trinajstić information content (AvgIpc) is 2.15. The Morgan fingerprint density at radius 1 is 1.33 bits per heavy atom. The number of allylic oxidation sites excluding steroid dienone is 2. The summed E-state index contributed by atoms with van der Waals surface area (Å²) in [6, 6.07) is 3.87. The zero-order chi connectivity index (χ0) is 8.81. The molecule has 12 heavy (non-hydrogen) atoms. The minimum atomic E-state index is 0.924. The van der Waals surface area contributed by atoms with Crippen molar-refractivity contribution >= 4 is 12.2 Å². The van der Waals surface area contributed by atoms with Gasteiger partial charge in [-0.1, -0.05) is 37.5 Å². The van der Waals surface area contributed by atoms with Crippen molar-refractivity contribution in [2.45, 2.75) is 0 Å². The molecule has 0 amide bonds. The maximum atomic E-state index is 4.18. The van der Waals surface area contributed by atoms with Crippen LogP contribution in [0.25, 0.3) is 12.2 Å². The van der Waals surface area contributed by atoms with E-state index in [0.717, 1.165) is 11.3 Å². The number of pyridine rings is 1. The lowest BCUT2D eigenvalue weighted by atomic mass is 10.2. The molecule has 0 saturated heterocycles. The Labute approximate surface area is 72.8 Å². The monoisotopic (exact) mass is 157 g/mol. The molecule has 0 aliphatic rings. The molecule has 0 saturated carbocycles. The van der Waals surface area contributed by atoms with Gasteiger partial charge >= 0.3 is 0 Å². The molecule has 0 aliphatic heterocycles. The molecule has 1 aromatic heterocycles. The number of nitrogens with zero attached hydrogens (tertiary/aromatic N) is 1. The summed E-state index contributed by atoms with van der Waals surface area (Å²) in [5, 5.41) is 0. The van der Waals surface area contributed by atoms with Gasteiger partial charge in [-0.05, 0) is 17.7 Å². The van der Waals surface area contributed by atoms with Crippen LogP contribution in [0.1, 0.15) is 11.3 Å². The second kappa shape index (κ2) is 4.29. The van der Waals surface area contributed by atoms with Gasteiger partial charge in [-0.25, -0.2) is 0 Å². The van der Waals surface area contributed by atoms with Crippen LogP contribution in [0.15, 0.2) is 43.6 Å². The first kappa shape index (κ1) is 8.47. The Balaban J connectivity index is 3.04. The lowest BCUT2D eigenvalue weighted by Crippen LogP contribution is -1.83. The van der Waals surface area contributed by atoms with Gasteiger partial charge in [-0.3, -0.25) is 4.98 Å². The van der Waals surface area contributed by atoms with Crippen molar-refractivity contribution < 1.29 is 0 Å². The third kappa shape index (κ3) is 1.92. The van der Waals surface area contributed by atoms with Crippen molar-refractivity contribution in [2.24, 2.45) is 0 Å². The van der Waals surface area contributed by atoms with Crippen molar-refractivity contribution in [3.63, 3.8) is 0 Å². The smallest absolute Gasteiger partial charge is 0.0701 e. The Bertz CT molecular complexity index is 311. The van der Waals surface area contributed by atoms with Crippen LogP contribution >= 0.6 is 0 Å². The molecular weight excluding hydrogens is 146 g/mol. The molecular formula is C11H11N. The highest BCUT2D eigenvalue weighted by Crippen LogP contribution is 2.08. The standard InChI is InChI=1S/C11H11N/c1-3-5-8-11-10(4-2)7-6-9-12-11/h3-9H,1-2H2/b8-5-. The number of hydrogen-bond acceptors (Lipinski definition) is 1. The molecule has 0 bridgehead atoms. The van der Waals surface area contributed by atoms with Gasteiger partial charge in [0.2, 0.25) is 0 Å². The number of aromatic nitrogens is 1. The largest absolute Gasteiger partial charge is 0.256 e. The fourth-order valence-corrected chi connectivity index (χ4v) is 0.901. The lowest BCUT2D eigenvalue weighted by molar-refractivity contribution is 1.28. The Kier molecular flexibility index (Phi) is 3.03.